The van der Waals surface area contributed by atoms with Gasteiger partial charge in [0.1, 0.15) is 5.70 Å². The van der Waals surface area contributed by atoms with E-state index in [1.807, 2.05) is 0 Å². The van der Waals surface area contributed by atoms with Crippen LogP contribution in [0.4, 0.5) is 0 Å². The lowest BCUT2D eigenvalue weighted by molar-refractivity contribution is -0.129. The highest BCUT2D eigenvalue weighted by molar-refractivity contribution is 6.09. The average molecular weight is 112 g/mol. The number of hydrogen-bond donors (Lipinski definition) is 2. The summed E-state index contributed by atoms with van der Waals surface area (Å²) in [7, 11) is 0. The molecule has 1 heterocycles. The third-order valence-electron chi connectivity index (χ3n) is 0.738. The third-order valence-corrected chi connectivity index (χ3v) is 0.738. The molecule has 0 spiro atoms. The fraction of sp³-hybridized carbons (Fsp3) is 0. The van der Waals surface area contributed by atoms with E-state index in [0.717, 1.165) is 6.08 Å². The van der Waals surface area contributed by atoms with Gasteiger partial charge in [0, 0.05) is 0 Å². The van der Waals surface area contributed by atoms with Gasteiger partial charge in [-0.15, -0.1) is 0 Å². The molecule has 0 aromatic heterocycles. The molecule has 4 heteroatoms. The van der Waals surface area contributed by atoms with E-state index in [1.165, 1.54) is 0 Å². The van der Waals surface area contributed by atoms with Crippen LogP contribution in [0.5, 0.6) is 0 Å². The van der Waals surface area contributed by atoms with Crippen LogP contribution in [0.3, 0.4) is 0 Å². The van der Waals surface area contributed by atoms with Gasteiger partial charge in [0.25, 0.3) is 0 Å². The van der Waals surface area contributed by atoms with Gasteiger partial charge >= 0.3 is 5.97 Å². The monoisotopic (exact) mass is 112 g/mol. The number of rotatable bonds is 0. The number of ether oxygens (including phenoxy) is 1. The SMILES string of the molecule is N=C1OC(=O)C=C1N. The van der Waals surface area contributed by atoms with Crippen molar-refractivity contribution in [1.29, 1.82) is 5.41 Å². The zero-order chi connectivity index (χ0) is 6.15. The summed E-state index contributed by atoms with van der Waals surface area (Å²) >= 11 is 0. The second-order valence-electron chi connectivity index (χ2n) is 1.35. The molecule has 0 amide bonds. The fourth-order valence-corrected chi connectivity index (χ4v) is 0.381. The zero-order valence-electron chi connectivity index (χ0n) is 3.97. The molecule has 4 nitrogen and oxygen atoms in total. The summed E-state index contributed by atoms with van der Waals surface area (Å²) in [6.45, 7) is 0. The standard InChI is InChI=1S/C4H4N2O2/c5-2-1-3(7)8-4(2)6/h1,6H,5H2. The number of carbonyl (C=O) groups is 1. The number of hydrogen-bond acceptors (Lipinski definition) is 4. The van der Waals surface area contributed by atoms with E-state index in [-0.39, 0.29) is 11.6 Å². The Morgan fingerprint density at radius 1 is 1.75 bits per heavy atom. The van der Waals surface area contributed by atoms with E-state index in [0.29, 0.717) is 0 Å². The molecule has 1 rings (SSSR count). The molecule has 8 heavy (non-hydrogen) atoms. The minimum Gasteiger partial charge on any atom is -0.403 e. The topological polar surface area (TPSA) is 76.2 Å². The average Bonchev–Trinajstić information content (AvgIpc) is 1.85. The quantitative estimate of drug-likeness (QED) is 0.409. The summed E-state index contributed by atoms with van der Waals surface area (Å²) in [4.78, 5) is 10.1. The summed E-state index contributed by atoms with van der Waals surface area (Å²) < 4.78 is 4.20. The minimum atomic E-state index is -0.563. The van der Waals surface area contributed by atoms with E-state index >= 15 is 0 Å². The van der Waals surface area contributed by atoms with Crippen molar-refractivity contribution in [2.45, 2.75) is 0 Å². The van der Waals surface area contributed by atoms with Crippen LogP contribution in [0, 0.1) is 5.41 Å². The maximum atomic E-state index is 10.1. The van der Waals surface area contributed by atoms with Crippen molar-refractivity contribution in [2.24, 2.45) is 5.73 Å². The van der Waals surface area contributed by atoms with Crippen LogP contribution in [-0.2, 0) is 9.53 Å². The largest absolute Gasteiger partial charge is 0.403 e. The van der Waals surface area contributed by atoms with E-state index in [4.69, 9.17) is 11.1 Å². The van der Waals surface area contributed by atoms with Crippen molar-refractivity contribution in [3.63, 3.8) is 0 Å². The van der Waals surface area contributed by atoms with Crippen LogP contribution >= 0.6 is 0 Å². The molecule has 0 aromatic rings. The second-order valence-corrected chi connectivity index (χ2v) is 1.35. The smallest absolute Gasteiger partial charge is 0.339 e. The number of cyclic esters (lactones) is 1. The maximum Gasteiger partial charge on any atom is 0.339 e. The van der Waals surface area contributed by atoms with Crippen molar-refractivity contribution in [3.8, 4) is 0 Å². The van der Waals surface area contributed by atoms with Gasteiger partial charge in [0.05, 0.1) is 6.08 Å². The van der Waals surface area contributed by atoms with Crippen LogP contribution in [-0.4, -0.2) is 11.9 Å². The molecule has 0 aromatic carbocycles. The normalized spacial score (nSPS) is 18.2. The molecule has 0 radical (unpaired) electrons. The molecule has 1 aliphatic rings. The Balaban J connectivity index is 2.88. The Morgan fingerprint density at radius 3 is 2.50 bits per heavy atom. The lowest BCUT2D eigenvalue weighted by Gasteiger charge is -1.88. The summed E-state index contributed by atoms with van der Waals surface area (Å²) in [5.41, 5.74) is 5.15. The van der Waals surface area contributed by atoms with Crippen LogP contribution in [0.15, 0.2) is 11.8 Å². The highest BCUT2D eigenvalue weighted by Gasteiger charge is 2.15. The first kappa shape index (κ1) is 4.83. The Kier molecular flexibility index (Phi) is 0.802. The Morgan fingerprint density at radius 2 is 2.38 bits per heavy atom. The zero-order valence-corrected chi connectivity index (χ0v) is 3.97. The van der Waals surface area contributed by atoms with E-state index in [9.17, 15) is 4.79 Å². The van der Waals surface area contributed by atoms with Crippen LogP contribution in [0.25, 0.3) is 0 Å². The number of esters is 1. The molecular formula is C4H4N2O2. The van der Waals surface area contributed by atoms with Crippen molar-refractivity contribution in [1.82, 2.24) is 0 Å². The second kappa shape index (κ2) is 1.33. The molecule has 0 fully saturated rings. The van der Waals surface area contributed by atoms with E-state index in [1.54, 1.807) is 0 Å². The van der Waals surface area contributed by atoms with E-state index < -0.39 is 5.97 Å². The number of nitrogens with two attached hydrogens (primary N) is 1. The van der Waals surface area contributed by atoms with Gasteiger partial charge in [0.2, 0.25) is 5.90 Å². The molecule has 1 aliphatic heterocycles. The minimum absolute atomic E-state index is 0.0926. The van der Waals surface area contributed by atoms with Gasteiger partial charge in [-0.25, -0.2) is 4.79 Å². The van der Waals surface area contributed by atoms with Gasteiger partial charge in [-0.05, 0) is 0 Å². The molecule has 0 saturated heterocycles. The summed E-state index contributed by atoms with van der Waals surface area (Å²) in [6.07, 6.45) is 1.07. The third kappa shape index (κ3) is 0.556. The highest BCUT2D eigenvalue weighted by Crippen LogP contribution is 2.00. The molecule has 3 N–H and O–H groups in total. The first-order valence-corrected chi connectivity index (χ1v) is 1.98. The van der Waals surface area contributed by atoms with Gasteiger partial charge in [-0.2, -0.15) is 0 Å². The predicted octanol–water partition coefficient (Wildman–Crippen LogP) is -0.637. The Bertz CT molecular complexity index is 182. The van der Waals surface area contributed by atoms with Gasteiger partial charge in [0.15, 0.2) is 0 Å². The molecule has 0 atom stereocenters. The first-order chi connectivity index (χ1) is 3.70. The Labute approximate surface area is 45.4 Å². The van der Waals surface area contributed by atoms with Gasteiger partial charge in [-0.1, -0.05) is 0 Å². The Hall–Kier alpha value is -1.32. The number of nitrogens with one attached hydrogen (secondary N) is 1. The van der Waals surface area contributed by atoms with Crippen molar-refractivity contribution < 1.29 is 9.53 Å². The molecule has 0 aliphatic carbocycles. The van der Waals surface area contributed by atoms with Crippen LogP contribution in [0.1, 0.15) is 0 Å². The van der Waals surface area contributed by atoms with Gasteiger partial charge < -0.3 is 10.5 Å². The summed E-state index contributed by atoms with van der Waals surface area (Å²) in [5, 5.41) is 6.75. The summed E-state index contributed by atoms with van der Waals surface area (Å²) in [5.74, 6) is -0.817. The maximum absolute atomic E-state index is 10.1. The van der Waals surface area contributed by atoms with Crippen LogP contribution < -0.4 is 5.73 Å². The summed E-state index contributed by atoms with van der Waals surface area (Å²) in [6, 6.07) is 0. The van der Waals surface area contributed by atoms with Crippen molar-refractivity contribution in [3.05, 3.63) is 11.8 Å². The fourth-order valence-electron chi connectivity index (χ4n) is 0.381. The molecule has 0 saturated carbocycles. The van der Waals surface area contributed by atoms with Crippen molar-refractivity contribution in [2.75, 3.05) is 0 Å². The van der Waals surface area contributed by atoms with Crippen molar-refractivity contribution >= 4 is 11.9 Å². The van der Waals surface area contributed by atoms with E-state index in [2.05, 4.69) is 4.74 Å². The lowest BCUT2D eigenvalue weighted by Crippen LogP contribution is -2.06. The predicted molar refractivity (Wildman–Crippen MR) is 26.1 cm³/mol. The van der Waals surface area contributed by atoms with Gasteiger partial charge in [-0.3, -0.25) is 5.41 Å². The van der Waals surface area contributed by atoms with Crippen LogP contribution in [0.2, 0.25) is 0 Å². The first-order valence-electron chi connectivity index (χ1n) is 1.98. The number of carbonyl (C=O) groups excluding carboxylic acids is 1. The molecule has 0 unspecified atom stereocenters. The lowest BCUT2D eigenvalue weighted by atomic mass is 10.5. The highest BCUT2D eigenvalue weighted by atomic mass is 16.5. The molecule has 0 bridgehead atoms. The molecule has 42 valence electrons. The molecular weight excluding hydrogens is 108 g/mol.